The standard InChI is InChI=1S/C18H25NO3/c1-13(2)11-15(16(20)21)19-17(22)18(9-6-10-18)12-14-7-4-3-5-8-14/h3-5,7-8,13,15H,6,9-12H2,1-2H3,(H,19,22)(H,20,21)/t15-/m1/s1. The number of carboxylic acid groups (broad SMARTS) is 1. The molecule has 1 atom stereocenters. The van der Waals surface area contributed by atoms with E-state index in [0.29, 0.717) is 12.8 Å². The zero-order valence-electron chi connectivity index (χ0n) is 13.3. The maximum atomic E-state index is 12.7. The van der Waals surface area contributed by atoms with Crippen LogP contribution < -0.4 is 5.32 Å². The van der Waals surface area contributed by atoms with Crippen LogP contribution in [0.25, 0.3) is 0 Å². The van der Waals surface area contributed by atoms with Gasteiger partial charge in [-0.15, -0.1) is 0 Å². The normalized spacial score (nSPS) is 17.6. The first-order chi connectivity index (χ1) is 10.4. The highest BCUT2D eigenvalue weighted by molar-refractivity contribution is 5.88. The van der Waals surface area contributed by atoms with E-state index in [1.54, 1.807) is 0 Å². The summed E-state index contributed by atoms with van der Waals surface area (Å²) in [4.78, 5) is 24.0. The van der Waals surface area contributed by atoms with Gasteiger partial charge in [0, 0.05) is 0 Å². The molecule has 1 aliphatic rings. The molecule has 0 unspecified atom stereocenters. The topological polar surface area (TPSA) is 66.4 Å². The third-order valence-electron chi connectivity index (χ3n) is 4.49. The number of carboxylic acids is 1. The minimum absolute atomic E-state index is 0.101. The van der Waals surface area contributed by atoms with Crippen LogP contribution >= 0.6 is 0 Å². The fourth-order valence-corrected chi connectivity index (χ4v) is 3.08. The highest BCUT2D eigenvalue weighted by Gasteiger charge is 2.45. The number of nitrogens with one attached hydrogen (secondary N) is 1. The van der Waals surface area contributed by atoms with Crippen LogP contribution in [0.3, 0.4) is 0 Å². The highest BCUT2D eigenvalue weighted by atomic mass is 16.4. The van der Waals surface area contributed by atoms with Crippen LogP contribution in [0.5, 0.6) is 0 Å². The molecule has 0 heterocycles. The predicted molar refractivity (Wildman–Crippen MR) is 85.5 cm³/mol. The van der Waals surface area contributed by atoms with E-state index in [-0.39, 0.29) is 11.8 Å². The van der Waals surface area contributed by atoms with Gasteiger partial charge in [-0.3, -0.25) is 4.79 Å². The molecule has 0 saturated heterocycles. The van der Waals surface area contributed by atoms with Crippen molar-refractivity contribution in [1.82, 2.24) is 5.32 Å². The van der Waals surface area contributed by atoms with Crippen molar-refractivity contribution < 1.29 is 14.7 Å². The minimum Gasteiger partial charge on any atom is -0.480 e. The van der Waals surface area contributed by atoms with E-state index < -0.39 is 17.4 Å². The Morgan fingerprint density at radius 2 is 1.86 bits per heavy atom. The van der Waals surface area contributed by atoms with E-state index in [1.807, 2.05) is 44.2 Å². The molecule has 1 fully saturated rings. The Bertz CT molecular complexity index is 520. The van der Waals surface area contributed by atoms with E-state index in [4.69, 9.17) is 0 Å². The zero-order valence-corrected chi connectivity index (χ0v) is 13.3. The summed E-state index contributed by atoms with van der Waals surface area (Å²) in [5, 5.41) is 12.1. The molecule has 0 spiro atoms. The third kappa shape index (κ3) is 3.87. The average Bonchev–Trinajstić information content (AvgIpc) is 2.42. The Balaban J connectivity index is 2.06. The van der Waals surface area contributed by atoms with Crippen LogP contribution in [0.2, 0.25) is 0 Å². The Kier molecular flexibility index (Phi) is 5.22. The average molecular weight is 303 g/mol. The molecule has 4 nitrogen and oxygen atoms in total. The van der Waals surface area contributed by atoms with Crippen molar-refractivity contribution >= 4 is 11.9 Å². The van der Waals surface area contributed by atoms with Gasteiger partial charge in [-0.2, -0.15) is 0 Å². The molecule has 1 amide bonds. The lowest BCUT2D eigenvalue weighted by molar-refractivity contribution is -0.146. The second-order valence-electron chi connectivity index (χ2n) is 6.79. The number of carbonyl (C=O) groups excluding carboxylic acids is 1. The van der Waals surface area contributed by atoms with Gasteiger partial charge >= 0.3 is 5.97 Å². The molecule has 22 heavy (non-hydrogen) atoms. The lowest BCUT2D eigenvalue weighted by atomic mass is 9.64. The molecule has 0 aliphatic heterocycles. The second kappa shape index (κ2) is 6.95. The first-order valence-corrected chi connectivity index (χ1v) is 8.01. The van der Waals surface area contributed by atoms with Gasteiger partial charge in [0.05, 0.1) is 5.41 Å². The van der Waals surface area contributed by atoms with Crippen LogP contribution in [0.15, 0.2) is 30.3 Å². The highest BCUT2D eigenvalue weighted by Crippen LogP contribution is 2.44. The Morgan fingerprint density at radius 3 is 2.32 bits per heavy atom. The van der Waals surface area contributed by atoms with E-state index in [1.165, 1.54) is 0 Å². The molecular weight excluding hydrogens is 278 g/mol. The summed E-state index contributed by atoms with van der Waals surface area (Å²) in [6.45, 7) is 3.93. The molecule has 1 saturated carbocycles. The molecule has 2 rings (SSSR count). The molecule has 4 heteroatoms. The number of benzene rings is 1. The van der Waals surface area contributed by atoms with Crippen molar-refractivity contribution in [2.75, 3.05) is 0 Å². The first-order valence-electron chi connectivity index (χ1n) is 8.01. The van der Waals surface area contributed by atoms with E-state index in [9.17, 15) is 14.7 Å². The molecule has 0 bridgehead atoms. The predicted octanol–water partition coefficient (Wildman–Crippen LogP) is 3.01. The maximum Gasteiger partial charge on any atom is 0.326 e. The fraction of sp³-hybridized carbons (Fsp3) is 0.556. The van der Waals surface area contributed by atoms with Gasteiger partial charge in [0.1, 0.15) is 6.04 Å². The van der Waals surface area contributed by atoms with Crippen LogP contribution in [-0.4, -0.2) is 23.0 Å². The Morgan fingerprint density at radius 1 is 1.23 bits per heavy atom. The minimum atomic E-state index is -0.948. The molecule has 1 aromatic rings. The summed E-state index contributed by atoms with van der Waals surface area (Å²) in [5.74, 6) is -0.820. The SMILES string of the molecule is CC(C)C[C@@H](NC(=O)C1(Cc2ccccc2)CCC1)C(=O)O. The number of hydrogen-bond acceptors (Lipinski definition) is 2. The summed E-state index contributed by atoms with van der Waals surface area (Å²) in [5.41, 5.74) is 0.708. The van der Waals surface area contributed by atoms with E-state index >= 15 is 0 Å². The van der Waals surface area contributed by atoms with E-state index in [0.717, 1.165) is 24.8 Å². The van der Waals surface area contributed by atoms with Crippen molar-refractivity contribution in [3.05, 3.63) is 35.9 Å². The molecule has 1 aromatic carbocycles. The maximum absolute atomic E-state index is 12.7. The van der Waals surface area contributed by atoms with Crippen LogP contribution in [0, 0.1) is 11.3 Å². The van der Waals surface area contributed by atoms with E-state index in [2.05, 4.69) is 5.32 Å². The van der Waals surface area contributed by atoms with Crippen molar-refractivity contribution in [2.24, 2.45) is 11.3 Å². The number of aliphatic carboxylic acids is 1. The van der Waals surface area contributed by atoms with Gasteiger partial charge in [0.2, 0.25) is 5.91 Å². The second-order valence-corrected chi connectivity index (χ2v) is 6.79. The molecule has 120 valence electrons. The van der Waals surface area contributed by atoms with Crippen molar-refractivity contribution in [3.8, 4) is 0 Å². The molecule has 0 radical (unpaired) electrons. The van der Waals surface area contributed by atoms with Gasteiger partial charge in [-0.25, -0.2) is 4.79 Å². The fourth-order valence-electron chi connectivity index (χ4n) is 3.08. The van der Waals surface area contributed by atoms with Gasteiger partial charge in [0.15, 0.2) is 0 Å². The lowest BCUT2D eigenvalue weighted by Gasteiger charge is -2.41. The van der Waals surface area contributed by atoms with Crippen molar-refractivity contribution in [2.45, 2.75) is 52.0 Å². The Hall–Kier alpha value is -1.84. The summed E-state index contributed by atoms with van der Waals surface area (Å²) >= 11 is 0. The first kappa shape index (κ1) is 16.5. The van der Waals surface area contributed by atoms with Gasteiger partial charge in [0.25, 0.3) is 0 Å². The number of rotatable bonds is 7. The molecule has 2 N–H and O–H groups in total. The molecular formula is C18H25NO3. The lowest BCUT2D eigenvalue weighted by Crippen LogP contribution is -2.52. The number of amides is 1. The molecule has 1 aliphatic carbocycles. The van der Waals surface area contributed by atoms with Gasteiger partial charge in [-0.1, -0.05) is 50.6 Å². The smallest absolute Gasteiger partial charge is 0.326 e. The largest absolute Gasteiger partial charge is 0.480 e. The summed E-state index contributed by atoms with van der Waals surface area (Å²) in [7, 11) is 0. The van der Waals surface area contributed by atoms with Crippen LogP contribution in [0.4, 0.5) is 0 Å². The quantitative estimate of drug-likeness (QED) is 0.813. The third-order valence-corrected chi connectivity index (χ3v) is 4.49. The Labute approximate surface area is 131 Å². The van der Waals surface area contributed by atoms with Crippen molar-refractivity contribution in [1.29, 1.82) is 0 Å². The van der Waals surface area contributed by atoms with Crippen LogP contribution in [-0.2, 0) is 16.0 Å². The van der Waals surface area contributed by atoms with Crippen molar-refractivity contribution in [3.63, 3.8) is 0 Å². The summed E-state index contributed by atoms with van der Waals surface area (Å²) in [6, 6.07) is 9.16. The summed E-state index contributed by atoms with van der Waals surface area (Å²) in [6.07, 6.45) is 3.85. The molecule has 0 aromatic heterocycles. The van der Waals surface area contributed by atoms with Crippen LogP contribution in [0.1, 0.15) is 45.1 Å². The van der Waals surface area contributed by atoms with Gasteiger partial charge < -0.3 is 10.4 Å². The number of carbonyl (C=O) groups is 2. The zero-order chi connectivity index (χ0) is 16.2. The number of hydrogen-bond donors (Lipinski definition) is 2. The summed E-state index contributed by atoms with van der Waals surface area (Å²) < 4.78 is 0. The monoisotopic (exact) mass is 303 g/mol. The van der Waals surface area contributed by atoms with Gasteiger partial charge in [-0.05, 0) is 37.2 Å².